The fourth-order valence-electron chi connectivity index (χ4n) is 3.38. The molecule has 1 aliphatic heterocycles. The summed E-state index contributed by atoms with van der Waals surface area (Å²) in [6.45, 7) is 1.03. The molecule has 1 aliphatic rings. The van der Waals surface area contributed by atoms with Crippen LogP contribution in [0.4, 0.5) is 0 Å². The van der Waals surface area contributed by atoms with E-state index in [1.807, 2.05) is 17.5 Å². The maximum Gasteiger partial charge on any atom is 0.336 e. The van der Waals surface area contributed by atoms with Gasteiger partial charge in [-0.1, -0.05) is 6.07 Å². The third-order valence-corrected chi connectivity index (χ3v) is 5.63. The predicted octanol–water partition coefficient (Wildman–Crippen LogP) is 2.65. The highest BCUT2D eigenvalue weighted by Crippen LogP contribution is 2.20. The van der Waals surface area contributed by atoms with Gasteiger partial charge in [0.05, 0.1) is 4.88 Å². The lowest BCUT2D eigenvalue weighted by Gasteiger charge is -2.33. The first-order valence-corrected chi connectivity index (χ1v) is 10.3. The molecular weight excluding hydrogens is 392 g/mol. The van der Waals surface area contributed by atoms with E-state index in [1.165, 1.54) is 17.4 Å². The van der Waals surface area contributed by atoms with E-state index in [4.69, 9.17) is 9.15 Å². The van der Waals surface area contributed by atoms with Crippen molar-refractivity contribution in [3.63, 3.8) is 0 Å². The Labute approximate surface area is 170 Å². The molecule has 2 aromatic heterocycles. The van der Waals surface area contributed by atoms with Crippen molar-refractivity contribution < 1.29 is 18.7 Å². The van der Waals surface area contributed by atoms with Gasteiger partial charge in [-0.05, 0) is 42.5 Å². The van der Waals surface area contributed by atoms with Gasteiger partial charge in [0.2, 0.25) is 0 Å². The summed E-state index contributed by atoms with van der Waals surface area (Å²) in [4.78, 5) is 38.6. The number of nitrogens with zero attached hydrogens (tertiary/aromatic N) is 1. The van der Waals surface area contributed by atoms with Crippen molar-refractivity contribution in [3.8, 4) is 5.75 Å². The number of hydrogen-bond donors (Lipinski definition) is 1. The highest BCUT2D eigenvalue weighted by Gasteiger charge is 2.26. The number of nitrogens with one attached hydrogen (secondary N) is 1. The van der Waals surface area contributed by atoms with Gasteiger partial charge in [-0.2, -0.15) is 0 Å². The predicted molar refractivity (Wildman–Crippen MR) is 109 cm³/mol. The van der Waals surface area contributed by atoms with Crippen molar-refractivity contribution in [2.45, 2.75) is 18.9 Å². The molecule has 7 nitrogen and oxygen atoms in total. The van der Waals surface area contributed by atoms with Crippen LogP contribution in [-0.2, 0) is 4.79 Å². The Kier molecular flexibility index (Phi) is 5.62. The number of likely N-dealkylation sites (tertiary alicyclic amines) is 1. The van der Waals surface area contributed by atoms with Gasteiger partial charge in [0, 0.05) is 36.7 Å². The SMILES string of the molecule is O=C(COc1ccc2ccc(=O)oc2c1)NC1CCCN(C(=O)c2cccs2)C1. The standard InChI is InChI=1S/C21H20N2O5S/c24-19(13-27-16-7-5-14-6-8-20(25)28-17(14)11-16)22-15-3-1-9-23(12-15)21(26)18-4-2-10-29-18/h2,4-8,10-11,15H,1,3,9,12-13H2,(H,22,24). The van der Waals surface area contributed by atoms with Crippen LogP contribution in [0.5, 0.6) is 5.75 Å². The largest absolute Gasteiger partial charge is 0.484 e. The number of piperidine rings is 1. The lowest BCUT2D eigenvalue weighted by atomic mass is 10.1. The fraction of sp³-hybridized carbons (Fsp3) is 0.286. The van der Waals surface area contributed by atoms with E-state index in [0.717, 1.165) is 18.2 Å². The molecule has 0 aliphatic carbocycles. The molecule has 3 heterocycles. The Morgan fingerprint density at radius 1 is 1.24 bits per heavy atom. The molecule has 1 fully saturated rings. The van der Waals surface area contributed by atoms with Crippen molar-refractivity contribution in [2.75, 3.05) is 19.7 Å². The van der Waals surface area contributed by atoms with E-state index in [2.05, 4.69) is 5.32 Å². The van der Waals surface area contributed by atoms with Gasteiger partial charge in [-0.25, -0.2) is 4.79 Å². The summed E-state index contributed by atoms with van der Waals surface area (Å²) in [5.74, 6) is 0.197. The number of amides is 2. The molecular formula is C21H20N2O5S. The van der Waals surface area contributed by atoms with Crippen LogP contribution in [0.1, 0.15) is 22.5 Å². The first-order valence-electron chi connectivity index (χ1n) is 9.37. The van der Waals surface area contributed by atoms with Crippen molar-refractivity contribution in [3.05, 3.63) is 63.1 Å². The van der Waals surface area contributed by atoms with E-state index in [1.54, 1.807) is 29.2 Å². The Hall–Kier alpha value is -3.13. The van der Waals surface area contributed by atoms with Crippen molar-refractivity contribution in [1.82, 2.24) is 10.2 Å². The average Bonchev–Trinajstić information content (AvgIpc) is 3.26. The molecule has 1 aromatic carbocycles. The summed E-state index contributed by atoms with van der Waals surface area (Å²) in [5, 5.41) is 5.60. The Bertz CT molecular complexity index is 1080. The first kappa shape index (κ1) is 19.2. The topological polar surface area (TPSA) is 88.8 Å². The van der Waals surface area contributed by atoms with Crippen LogP contribution >= 0.6 is 11.3 Å². The summed E-state index contributed by atoms with van der Waals surface area (Å²) in [7, 11) is 0. The maximum absolute atomic E-state index is 12.5. The second-order valence-corrected chi connectivity index (χ2v) is 7.83. The molecule has 150 valence electrons. The summed E-state index contributed by atoms with van der Waals surface area (Å²) in [5.41, 5.74) is -0.0308. The van der Waals surface area contributed by atoms with Crippen LogP contribution in [0.2, 0.25) is 0 Å². The molecule has 1 atom stereocenters. The third-order valence-electron chi connectivity index (χ3n) is 4.77. The molecule has 3 aromatic rings. The van der Waals surface area contributed by atoms with Gasteiger partial charge >= 0.3 is 5.63 Å². The summed E-state index contributed by atoms with van der Waals surface area (Å²) < 4.78 is 10.7. The van der Waals surface area contributed by atoms with Crippen molar-refractivity contribution in [2.24, 2.45) is 0 Å². The third kappa shape index (κ3) is 4.65. The molecule has 0 radical (unpaired) electrons. The number of fused-ring (bicyclic) bond motifs is 1. The van der Waals surface area contributed by atoms with E-state index >= 15 is 0 Å². The van der Waals surface area contributed by atoms with Crippen molar-refractivity contribution >= 4 is 34.1 Å². The number of benzene rings is 1. The number of carbonyl (C=O) groups excluding carboxylic acids is 2. The monoisotopic (exact) mass is 412 g/mol. The van der Waals surface area contributed by atoms with Crippen LogP contribution in [0.15, 0.2) is 57.1 Å². The second kappa shape index (κ2) is 8.48. The molecule has 0 bridgehead atoms. The van der Waals surface area contributed by atoms with E-state index in [9.17, 15) is 14.4 Å². The molecule has 1 unspecified atom stereocenters. The number of rotatable bonds is 5. The van der Waals surface area contributed by atoms with Crippen LogP contribution in [0, 0.1) is 0 Å². The van der Waals surface area contributed by atoms with Crippen molar-refractivity contribution in [1.29, 1.82) is 0 Å². The second-order valence-electron chi connectivity index (χ2n) is 6.88. The fourth-order valence-corrected chi connectivity index (χ4v) is 4.08. The van der Waals surface area contributed by atoms with E-state index in [0.29, 0.717) is 29.3 Å². The van der Waals surface area contributed by atoms with Crippen LogP contribution in [-0.4, -0.2) is 42.5 Å². The first-order chi connectivity index (χ1) is 14.1. The quantitative estimate of drug-likeness (QED) is 0.651. The zero-order valence-corrected chi connectivity index (χ0v) is 16.4. The summed E-state index contributed by atoms with van der Waals surface area (Å²) >= 11 is 1.42. The molecule has 8 heteroatoms. The smallest absolute Gasteiger partial charge is 0.336 e. The van der Waals surface area contributed by atoms with Gasteiger partial charge in [0.25, 0.3) is 11.8 Å². The van der Waals surface area contributed by atoms with Gasteiger partial charge in [-0.3, -0.25) is 9.59 Å². The minimum Gasteiger partial charge on any atom is -0.484 e. The normalized spacial score (nSPS) is 16.6. The zero-order chi connectivity index (χ0) is 20.2. The lowest BCUT2D eigenvalue weighted by Crippen LogP contribution is -2.50. The molecule has 0 saturated carbocycles. The number of ether oxygens (including phenoxy) is 1. The molecule has 1 saturated heterocycles. The highest BCUT2D eigenvalue weighted by atomic mass is 32.1. The summed E-state index contributed by atoms with van der Waals surface area (Å²) in [6, 6.07) is 11.7. The Morgan fingerprint density at radius 3 is 2.93 bits per heavy atom. The van der Waals surface area contributed by atoms with Gasteiger partial charge < -0.3 is 19.4 Å². The Morgan fingerprint density at radius 2 is 2.10 bits per heavy atom. The minimum absolute atomic E-state index is 0.00727. The van der Waals surface area contributed by atoms with Gasteiger partial charge in [0.1, 0.15) is 11.3 Å². The molecule has 1 N–H and O–H groups in total. The zero-order valence-electron chi connectivity index (χ0n) is 15.6. The number of carbonyl (C=O) groups is 2. The van der Waals surface area contributed by atoms with Gasteiger partial charge in [-0.15, -0.1) is 11.3 Å². The van der Waals surface area contributed by atoms with Crippen LogP contribution < -0.4 is 15.7 Å². The molecule has 0 spiro atoms. The Balaban J connectivity index is 1.31. The average molecular weight is 412 g/mol. The minimum atomic E-state index is -0.439. The van der Waals surface area contributed by atoms with E-state index in [-0.39, 0.29) is 24.5 Å². The highest BCUT2D eigenvalue weighted by molar-refractivity contribution is 7.12. The summed E-state index contributed by atoms with van der Waals surface area (Å²) in [6.07, 6.45) is 1.66. The van der Waals surface area contributed by atoms with Crippen LogP contribution in [0.3, 0.4) is 0 Å². The molecule has 4 rings (SSSR count). The van der Waals surface area contributed by atoms with E-state index < -0.39 is 5.63 Å². The lowest BCUT2D eigenvalue weighted by molar-refractivity contribution is -0.124. The maximum atomic E-state index is 12.5. The number of thiophene rings is 1. The van der Waals surface area contributed by atoms with Gasteiger partial charge in [0.15, 0.2) is 6.61 Å². The van der Waals surface area contributed by atoms with Crippen LogP contribution in [0.25, 0.3) is 11.0 Å². The number of hydrogen-bond acceptors (Lipinski definition) is 6. The molecule has 2 amide bonds. The molecule has 29 heavy (non-hydrogen) atoms.